The molecule has 1 aromatic rings. The minimum atomic E-state index is -2.15. The maximum Gasteiger partial charge on any atom is 0.192 e. The van der Waals surface area contributed by atoms with E-state index in [0.717, 1.165) is 24.2 Å². The molecule has 0 unspecified atom stereocenters. The predicted molar refractivity (Wildman–Crippen MR) is 211 cm³/mol. The van der Waals surface area contributed by atoms with Crippen molar-refractivity contribution in [2.24, 2.45) is 11.8 Å². The summed E-state index contributed by atoms with van der Waals surface area (Å²) in [6.45, 7) is 28.2. The second-order valence-corrected chi connectivity index (χ2v) is 27.1. The molecule has 0 spiro atoms. The van der Waals surface area contributed by atoms with Crippen molar-refractivity contribution in [3.05, 3.63) is 40.0 Å². The summed E-state index contributed by atoms with van der Waals surface area (Å²) in [7, 11) is -0.841. The van der Waals surface area contributed by atoms with Crippen LogP contribution in [0.3, 0.4) is 0 Å². The van der Waals surface area contributed by atoms with Gasteiger partial charge in [-0.3, -0.25) is 4.79 Å². The average molecular weight is 819 g/mol. The van der Waals surface area contributed by atoms with Crippen molar-refractivity contribution in [3.63, 3.8) is 0 Å². The Morgan fingerprint density at radius 3 is 2.00 bits per heavy atom. The zero-order chi connectivity index (χ0) is 36.5. The minimum Gasteiger partial charge on any atom is -0.497 e. The molecule has 0 radical (unpaired) electrons. The van der Waals surface area contributed by atoms with Gasteiger partial charge in [-0.25, -0.2) is 0 Å². The summed E-state index contributed by atoms with van der Waals surface area (Å²) in [4.78, 5) is 13.7. The topological polar surface area (TPSA) is 72.5 Å². The summed E-state index contributed by atoms with van der Waals surface area (Å²) in [6, 6.07) is 7.89. The van der Waals surface area contributed by atoms with E-state index in [1.165, 1.54) is 0 Å². The second-order valence-electron chi connectivity index (χ2n) is 16.8. The number of methoxy groups -OCH3 is 2. The lowest BCUT2D eigenvalue weighted by Crippen LogP contribution is -2.58. The first-order valence-corrected chi connectivity index (χ1v) is 24.7. The zero-order valence-corrected chi connectivity index (χ0v) is 36.6. The lowest BCUT2D eigenvalue weighted by molar-refractivity contribution is -0.181. The fraction of sp³-hybridized carbons (Fsp3) is 0.763. The largest absolute Gasteiger partial charge is 0.497 e. The predicted octanol–water partition coefficient (Wildman–Crippen LogP) is 10.1. The van der Waals surface area contributed by atoms with E-state index < -0.39 is 16.6 Å². The Balaban J connectivity index is 2.25. The Morgan fingerprint density at radius 2 is 1.50 bits per heavy atom. The average Bonchev–Trinajstić information content (AvgIpc) is 2.97. The molecular formula is C38H67IO7Si2. The first-order valence-electron chi connectivity index (χ1n) is 17.7. The van der Waals surface area contributed by atoms with Crippen LogP contribution in [0.4, 0.5) is 0 Å². The van der Waals surface area contributed by atoms with E-state index >= 15 is 0 Å². The van der Waals surface area contributed by atoms with Gasteiger partial charge in [-0.1, -0.05) is 90.1 Å². The molecule has 0 aromatic heterocycles. The first-order chi connectivity index (χ1) is 22.2. The smallest absolute Gasteiger partial charge is 0.192 e. The number of carbonyl (C=O) groups is 1. The molecule has 10 heteroatoms. The molecule has 1 aliphatic heterocycles. The number of benzene rings is 1. The van der Waals surface area contributed by atoms with Gasteiger partial charge in [0.2, 0.25) is 0 Å². The van der Waals surface area contributed by atoms with E-state index in [4.69, 9.17) is 27.8 Å². The van der Waals surface area contributed by atoms with Gasteiger partial charge in [0.15, 0.2) is 16.6 Å². The Morgan fingerprint density at radius 1 is 0.938 bits per heavy atom. The van der Waals surface area contributed by atoms with E-state index in [0.29, 0.717) is 26.1 Å². The van der Waals surface area contributed by atoms with Crippen LogP contribution in [-0.2, 0) is 34.5 Å². The van der Waals surface area contributed by atoms with E-state index in [-0.39, 0.29) is 58.2 Å². The van der Waals surface area contributed by atoms with Crippen LogP contribution in [0.5, 0.6) is 5.75 Å². The summed E-state index contributed by atoms with van der Waals surface area (Å²) in [5.74, 6) is 1.05. The molecule has 276 valence electrons. The van der Waals surface area contributed by atoms with Crippen molar-refractivity contribution in [2.75, 3.05) is 20.8 Å². The third-order valence-corrected chi connectivity index (χ3v) is 20.2. The van der Waals surface area contributed by atoms with Gasteiger partial charge in [0.05, 0.1) is 44.2 Å². The van der Waals surface area contributed by atoms with Crippen molar-refractivity contribution in [1.82, 2.24) is 0 Å². The molecule has 2 rings (SSSR count). The second kappa shape index (κ2) is 18.8. The number of hydrogen-bond donors (Lipinski definition) is 0. The molecule has 1 aromatic carbocycles. The number of Topliss-reactive ketones (excluding diaryl/α,β-unsaturated/α-hetero) is 1. The number of ketones is 1. The molecule has 0 saturated carbocycles. The third-order valence-electron chi connectivity index (χ3n) is 10.8. The number of carbonyl (C=O) groups excluding carboxylic acids is 1. The van der Waals surface area contributed by atoms with E-state index in [1.54, 1.807) is 14.2 Å². The molecule has 7 atom stereocenters. The molecule has 0 N–H and O–H groups in total. The van der Waals surface area contributed by atoms with Gasteiger partial charge in [-0.15, -0.1) is 0 Å². The standard InChI is InChI=1S/C38H67IO7Si2/c1-27(32(19-21-39)43-26-29-15-17-31(42-10)18-16-29)23-30(40)24-28(2)36-35(46-48(13,14)38(6,7)8)25-34(33(44-36)20-22-41-9)45-47(11,12)37(3,4)5/h15-19,21,27-28,32-36H,20,22-26H2,1-14H3/b21-19+/t27-,28-,32+,33+,34+,35-,36-/m0/s1. The SMILES string of the molecule is COCC[C@H]1O[C@@H]([C@@H](C)CC(=O)C[C@H](C)[C@@H](/C=C/I)OCc2ccc(OC)cc2)[C@@H](O[Si](C)(C)C(C)(C)C)C[C@H]1O[Si](C)(C)C(C)(C)C. The van der Waals surface area contributed by atoms with Gasteiger partial charge >= 0.3 is 0 Å². The van der Waals surface area contributed by atoms with Gasteiger partial charge in [0, 0.05) is 33.0 Å². The monoisotopic (exact) mass is 818 g/mol. The molecule has 7 nitrogen and oxygen atoms in total. The van der Waals surface area contributed by atoms with E-state index in [2.05, 4.69) is 104 Å². The lowest BCUT2D eigenvalue weighted by atomic mass is 9.85. The minimum absolute atomic E-state index is 0.0166. The van der Waals surface area contributed by atoms with Gasteiger partial charge in [0.25, 0.3) is 0 Å². The zero-order valence-electron chi connectivity index (χ0n) is 32.5. The third kappa shape index (κ3) is 12.9. The summed E-state index contributed by atoms with van der Waals surface area (Å²) in [5.41, 5.74) is 1.07. The van der Waals surface area contributed by atoms with Crippen LogP contribution in [0.15, 0.2) is 34.4 Å². The van der Waals surface area contributed by atoms with Crippen molar-refractivity contribution in [1.29, 1.82) is 0 Å². The van der Waals surface area contributed by atoms with E-state index in [9.17, 15) is 4.79 Å². The summed E-state index contributed by atoms with van der Waals surface area (Å²) >= 11 is 2.22. The van der Waals surface area contributed by atoms with Crippen molar-refractivity contribution in [3.8, 4) is 5.75 Å². The molecule has 1 fully saturated rings. The highest BCUT2D eigenvalue weighted by atomic mass is 127. The van der Waals surface area contributed by atoms with Crippen LogP contribution in [-0.4, -0.2) is 73.8 Å². The number of halogens is 1. The Bertz CT molecular complexity index is 1140. The van der Waals surface area contributed by atoms with Gasteiger partial charge in [-0.05, 0) is 82.4 Å². The van der Waals surface area contributed by atoms with Crippen molar-refractivity contribution >= 4 is 45.0 Å². The van der Waals surface area contributed by atoms with E-state index in [1.807, 2.05) is 34.4 Å². The lowest BCUT2D eigenvalue weighted by Gasteiger charge is -2.50. The maximum absolute atomic E-state index is 13.7. The molecule has 0 aliphatic carbocycles. The normalized spacial score (nSPS) is 23.2. The van der Waals surface area contributed by atoms with Crippen molar-refractivity contribution in [2.45, 2.75) is 154 Å². The van der Waals surface area contributed by atoms with Gasteiger partial charge < -0.3 is 27.8 Å². The highest BCUT2D eigenvalue weighted by Gasteiger charge is 2.49. The quantitative estimate of drug-likeness (QED) is 0.108. The molecule has 1 aliphatic rings. The van der Waals surface area contributed by atoms with Crippen LogP contribution >= 0.6 is 22.6 Å². The number of hydrogen-bond acceptors (Lipinski definition) is 7. The highest BCUT2D eigenvalue weighted by Crippen LogP contribution is 2.44. The van der Waals surface area contributed by atoms with Crippen LogP contribution in [0.2, 0.25) is 36.3 Å². The summed E-state index contributed by atoms with van der Waals surface area (Å²) in [5, 5.41) is 0.117. The molecule has 1 heterocycles. The fourth-order valence-electron chi connectivity index (χ4n) is 5.66. The molecular weight excluding hydrogens is 751 g/mol. The Labute approximate surface area is 309 Å². The molecule has 0 amide bonds. The molecule has 48 heavy (non-hydrogen) atoms. The fourth-order valence-corrected chi connectivity index (χ4v) is 8.77. The Hall–Kier alpha value is -0.606. The van der Waals surface area contributed by atoms with Gasteiger partial charge in [-0.2, -0.15) is 0 Å². The van der Waals surface area contributed by atoms with Gasteiger partial charge in [0.1, 0.15) is 11.5 Å². The van der Waals surface area contributed by atoms with Crippen LogP contribution in [0.25, 0.3) is 0 Å². The summed E-state index contributed by atoms with van der Waals surface area (Å²) in [6.07, 6.45) is 3.67. The first kappa shape index (κ1) is 43.6. The highest BCUT2D eigenvalue weighted by molar-refractivity contribution is 14.1. The maximum atomic E-state index is 13.7. The van der Waals surface area contributed by atoms with Crippen LogP contribution < -0.4 is 4.74 Å². The Kier molecular flexibility index (Phi) is 17.0. The van der Waals surface area contributed by atoms with Crippen LogP contribution in [0.1, 0.15) is 86.6 Å². The number of ether oxygens (including phenoxy) is 4. The summed E-state index contributed by atoms with van der Waals surface area (Å²) < 4.78 is 40.3. The van der Waals surface area contributed by atoms with Crippen LogP contribution in [0, 0.1) is 11.8 Å². The number of rotatable bonds is 18. The van der Waals surface area contributed by atoms with Crippen molar-refractivity contribution < 1.29 is 32.6 Å². The molecule has 1 saturated heterocycles. The molecule has 0 bridgehead atoms.